The Bertz CT molecular complexity index is 962. The molecule has 0 bridgehead atoms. The van der Waals surface area contributed by atoms with E-state index in [2.05, 4.69) is 29.9 Å². The van der Waals surface area contributed by atoms with Crippen molar-refractivity contribution in [3.63, 3.8) is 0 Å². The first kappa shape index (κ1) is 19.5. The molecule has 4 aromatic heterocycles. The van der Waals surface area contributed by atoms with Gasteiger partial charge in [0.25, 0.3) is 0 Å². The van der Waals surface area contributed by atoms with E-state index in [1.165, 1.54) is 0 Å². The Morgan fingerprint density at radius 1 is 0.621 bits per heavy atom. The zero-order valence-electron chi connectivity index (χ0n) is 15.5. The van der Waals surface area contributed by atoms with Gasteiger partial charge in [-0.1, -0.05) is 23.5 Å². The molecule has 29 heavy (non-hydrogen) atoms. The highest BCUT2D eigenvalue weighted by molar-refractivity contribution is 8.00. The maximum atomic E-state index is 4.62. The smallest absolute Gasteiger partial charge is 0.188 e. The molecule has 0 atom stereocenters. The number of aromatic nitrogens is 6. The van der Waals surface area contributed by atoms with Gasteiger partial charge >= 0.3 is 0 Å². The van der Waals surface area contributed by atoms with E-state index in [9.17, 15) is 0 Å². The Hall–Kier alpha value is -2.84. The van der Waals surface area contributed by atoms with E-state index in [-0.39, 0.29) is 0 Å². The Morgan fingerprint density at radius 3 is 1.59 bits per heavy atom. The molecule has 0 aliphatic carbocycles. The van der Waals surface area contributed by atoms with Crippen LogP contribution >= 0.6 is 23.5 Å². The molecule has 6 nitrogen and oxygen atoms in total. The third kappa shape index (κ3) is 5.58. The van der Waals surface area contributed by atoms with Gasteiger partial charge in [0.15, 0.2) is 10.3 Å². The molecule has 4 rings (SSSR count). The molecule has 0 unspecified atom stereocenters. The summed E-state index contributed by atoms with van der Waals surface area (Å²) in [6.07, 6.45) is 11.7. The zero-order valence-corrected chi connectivity index (χ0v) is 17.2. The minimum atomic E-state index is 0.783. The van der Waals surface area contributed by atoms with E-state index in [0.29, 0.717) is 0 Å². The van der Waals surface area contributed by atoms with Crippen molar-refractivity contribution in [1.82, 2.24) is 29.9 Å². The highest BCUT2D eigenvalue weighted by Gasteiger charge is 2.05. The van der Waals surface area contributed by atoms with Crippen molar-refractivity contribution >= 4 is 23.5 Å². The normalized spacial score (nSPS) is 10.8. The van der Waals surface area contributed by atoms with Crippen molar-refractivity contribution in [2.75, 3.05) is 11.5 Å². The van der Waals surface area contributed by atoms with E-state index < -0.39 is 0 Å². The number of pyridine rings is 2. The lowest BCUT2D eigenvalue weighted by Crippen LogP contribution is -1.94. The van der Waals surface area contributed by atoms with Crippen LogP contribution in [-0.4, -0.2) is 41.4 Å². The lowest BCUT2D eigenvalue weighted by molar-refractivity contribution is 0.959. The number of hydrogen-bond acceptors (Lipinski definition) is 8. The molecule has 0 N–H and O–H groups in total. The van der Waals surface area contributed by atoms with Crippen molar-refractivity contribution in [3.8, 4) is 22.5 Å². The Kier molecular flexibility index (Phi) is 6.77. The first-order valence-electron chi connectivity index (χ1n) is 9.11. The molecular formula is C21H18N6S2. The summed E-state index contributed by atoms with van der Waals surface area (Å²) in [5, 5.41) is 1.57. The molecule has 144 valence electrons. The van der Waals surface area contributed by atoms with Gasteiger partial charge in [-0.15, -0.1) is 0 Å². The van der Waals surface area contributed by atoms with Gasteiger partial charge in [-0.25, -0.2) is 19.9 Å². The molecular weight excluding hydrogens is 400 g/mol. The van der Waals surface area contributed by atoms with Crippen molar-refractivity contribution in [3.05, 3.63) is 73.6 Å². The second kappa shape index (κ2) is 10.1. The number of nitrogens with zero attached hydrogens (tertiary/aromatic N) is 6. The van der Waals surface area contributed by atoms with Crippen LogP contribution in [0.4, 0.5) is 0 Å². The van der Waals surface area contributed by atoms with E-state index in [1.54, 1.807) is 48.3 Å². The number of thioether (sulfide) groups is 2. The highest BCUT2D eigenvalue weighted by Crippen LogP contribution is 2.22. The van der Waals surface area contributed by atoms with Gasteiger partial charge in [-0.05, 0) is 42.8 Å². The largest absolute Gasteiger partial charge is 0.264 e. The van der Waals surface area contributed by atoms with Gasteiger partial charge in [0, 0.05) is 59.8 Å². The van der Waals surface area contributed by atoms with Crippen molar-refractivity contribution < 1.29 is 0 Å². The fraction of sp³-hybridized carbons (Fsp3) is 0.143. The quantitative estimate of drug-likeness (QED) is 0.232. The van der Waals surface area contributed by atoms with E-state index in [0.717, 1.165) is 50.8 Å². The van der Waals surface area contributed by atoms with Gasteiger partial charge in [-0.3, -0.25) is 9.97 Å². The van der Waals surface area contributed by atoms with Crippen LogP contribution in [0.3, 0.4) is 0 Å². The topological polar surface area (TPSA) is 77.3 Å². The van der Waals surface area contributed by atoms with E-state index in [4.69, 9.17) is 0 Å². The minimum Gasteiger partial charge on any atom is -0.264 e. The summed E-state index contributed by atoms with van der Waals surface area (Å²) in [7, 11) is 0. The van der Waals surface area contributed by atoms with Gasteiger partial charge in [0.1, 0.15) is 0 Å². The van der Waals surface area contributed by atoms with E-state index in [1.807, 2.05) is 48.8 Å². The molecule has 4 aromatic rings. The molecule has 0 saturated heterocycles. The Labute approximate surface area is 177 Å². The van der Waals surface area contributed by atoms with Gasteiger partial charge < -0.3 is 0 Å². The van der Waals surface area contributed by atoms with E-state index >= 15 is 0 Å². The standard InChI is InChI=1S/C21H18N6S2/c1-4-16(14-22-8-1)18-6-10-24-20(26-18)28-12-3-13-29-21-25-11-7-19(27-21)17-5-2-9-23-15-17/h1-2,4-11,14-15H,3,12-13H2. The summed E-state index contributed by atoms with van der Waals surface area (Å²) in [5.74, 6) is 1.87. The van der Waals surface area contributed by atoms with Crippen molar-refractivity contribution in [2.45, 2.75) is 16.7 Å². The average molecular weight is 419 g/mol. The van der Waals surface area contributed by atoms with Crippen molar-refractivity contribution in [2.24, 2.45) is 0 Å². The van der Waals surface area contributed by atoms with Crippen LogP contribution in [0.1, 0.15) is 6.42 Å². The van der Waals surface area contributed by atoms with Crippen LogP contribution in [0.15, 0.2) is 83.9 Å². The molecule has 4 heterocycles. The Morgan fingerprint density at radius 2 is 1.14 bits per heavy atom. The number of rotatable bonds is 8. The van der Waals surface area contributed by atoms with Crippen LogP contribution in [0.5, 0.6) is 0 Å². The van der Waals surface area contributed by atoms with Gasteiger partial charge in [0.05, 0.1) is 11.4 Å². The Balaban J connectivity index is 1.27. The van der Waals surface area contributed by atoms with Crippen LogP contribution < -0.4 is 0 Å². The third-order valence-electron chi connectivity index (χ3n) is 3.93. The van der Waals surface area contributed by atoms with Crippen LogP contribution in [0.25, 0.3) is 22.5 Å². The molecule has 0 spiro atoms. The van der Waals surface area contributed by atoms with Gasteiger partial charge in [-0.2, -0.15) is 0 Å². The maximum absolute atomic E-state index is 4.62. The lowest BCUT2D eigenvalue weighted by atomic mass is 10.2. The fourth-order valence-electron chi connectivity index (χ4n) is 2.56. The average Bonchev–Trinajstić information content (AvgIpc) is 2.80. The highest BCUT2D eigenvalue weighted by atomic mass is 32.2. The molecule has 0 fully saturated rings. The fourth-order valence-corrected chi connectivity index (χ4v) is 4.28. The molecule has 0 amide bonds. The monoisotopic (exact) mass is 418 g/mol. The first-order valence-corrected chi connectivity index (χ1v) is 11.1. The summed E-state index contributed by atoms with van der Waals surface area (Å²) in [5.41, 5.74) is 3.78. The predicted octanol–water partition coefficient (Wildman–Crippen LogP) is 4.67. The van der Waals surface area contributed by atoms with Crippen LogP contribution in [0, 0.1) is 0 Å². The van der Waals surface area contributed by atoms with Crippen molar-refractivity contribution in [1.29, 1.82) is 0 Å². The second-order valence-corrected chi connectivity index (χ2v) is 8.11. The molecule has 0 aromatic carbocycles. The maximum Gasteiger partial charge on any atom is 0.188 e. The summed E-state index contributed by atoms with van der Waals surface area (Å²) >= 11 is 3.32. The molecule has 0 aliphatic heterocycles. The van der Waals surface area contributed by atoms with Crippen LogP contribution in [-0.2, 0) is 0 Å². The number of hydrogen-bond donors (Lipinski definition) is 0. The minimum absolute atomic E-state index is 0.783. The first-order chi connectivity index (χ1) is 14.4. The molecule has 0 aliphatic rings. The summed E-state index contributed by atoms with van der Waals surface area (Å²) in [4.78, 5) is 26.2. The van der Waals surface area contributed by atoms with Gasteiger partial charge in [0.2, 0.25) is 0 Å². The molecule has 0 saturated carbocycles. The lowest BCUT2D eigenvalue weighted by Gasteiger charge is -2.04. The van der Waals surface area contributed by atoms with Crippen LogP contribution in [0.2, 0.25) is 0 Å². The second-order valence-electron chi connectivity index (χ2n) is 5.98. The summed E-state index contributed by atoms with van der Waals surface area (Å²) < 4.78 is 0. The summed E-state index contributed by atoms with van der Waals surface area (Å²) in [6, 6.07) is 11.6. The summed E-state index contributed by atoms with van der Waals surface area (Å²) in [6.45, 7) is 0. The third-order valence-corrected chi connectivity index (χ3v) is 5.83. The molecule has 0 radical (unpaired) electrons. The zero-order chi connectivity index (χ0) is 19.7. The molecule has 8 heteroatoms. The predicted molar refractivity (Wildman–Crippen MR) is 117 cm³/mol. The SMILES string of the molecule is c1cncc(-c2ccnc(SCCCSc3nccc(-c4cccnc4)n3)n2)c1.